The molecule has 0 spiro atoms. The molecule has 0 aromatic heterocycles. The van der Waals surface area contributed by atoms with E-state index in [0.29, 0.717) is 5.41 Å². The minimum atomic E-state index is 0.304. The van der Waals surface area contributed by atoms with Crippen LogP contribution in [0, 0.1) is 5.41 Å². The zero-order chi connectivity index (χ0) is 11.1. The van der Waals surface area contributed by atoms with Crippen molar-refractivity contribution < 1.29 is 0 Å². The van der Waals surface area contributed by atoms with Gasteiger partial charge in [0, 0.05) is 6.54 Å². The van der Waals surface area contributed by atoms with Crippen LogP contribution in [0.15, 0.2) is 35.3 Å². The molecule has 0 unspecified atom stereocenters. The van der Waals surface area contributed by atoms with Gasteiger partial charge in [0.25, 0.3) is 0 Å². The number of benzene rings is 1. The van der Waals surface area contributed by atoms with Crippen molar-refractivity contribution in [1.82, 2.24) is 5.32 Å². The third-order valence-electron chi connectivity index (χ3n) is 1.93. The summed E-state index contributed by atoms with van der Waals surface area (Å²) < 4.78 is 0. The Morgan fingerprint density at radius 2 is 1.87 bits per heavy atom. The van der Waals surface area contributed by atoms with E-state index in [4.69, 9.17) is 0 Å². The monoisotopic (exact) mass is 204 g/mol. The first-order valence-corrected chi connectivity index (χ1v) is 5.33. The number of nitrogens with zero attached hydrogens (tertiary/aromatic N) is 1. The molecular formula is C13H20N2. The van der Waals surface area contributed by atoms with E-state index in [1.165, 1.54) is 5.56 Å². The van der Waals surface area contributed by atoms with Crippen LogP contribution in [0.1, 0.15) is 26.3 Å². The lowest BCUT2D eigenvalue weighted by Crippen LogP contribution is -2.25. The molecule has 2 nitrogen and oxygen atoms in total. The van der Waals surface area contributed by atoms with Gasteiger partial charge in [-0.3, -0.25) is 4.99 Å². The van der Waals surface area contributed by atoms with Gasteiger partial charge >= 0.3 is 0 Å². The Bertz CT molecular complexity index is 296. The van der Waals surface area contributed by atoms with Crippen LogP contribution in [0.5, 0.6) is 0 Å². The normalized spacial score (nSPS) is 11.9. The first-order chi connectivity index (χ1) is 7.08. The van der Waals surface area contributed by atoms with Gasteiger partial charge in [-0.2, -0.15) is 0 Å². The summed E-state index contributed by atoms with van der Waals surface area (Å²) in [6.07, 6.45) is 1.80. The zero-order valence-corrected chi connectivity index (χ0v) is 9.83. The van der Waals surface area contributed by atoms with Crippen LogP contribution in [0.25, 0.3) is 0 Å². The highest BCUT2D eigenvalue weighted by molar-refractivity contribution is 5.54. The lowest BCUT2D eigenvalue weighted by Gasteiger charge is -2.16. The van der Waals surface area contributed by atoms with Gasteiger partial charge < -0.3 is 5.32 Å². The third kappa shape index (κ3) is 5.89. The average molecular weight is 204 g/mol. The molecule has 1 rings (SSSR count). The van der Waals surface area contributed by atoms with Crippen LogP contribution in [-0.4, -0.2) is 12.9 Å². The molecule has 0 saturated heterocycles. The Morgan fingerprint density at radius 3 is 2.47 bits per heavy atom. The first-order valence-electron chi connectivity index (χ1n) is 5.33. The molecular weight excluding hydrogens is 184 g/mol. The van der Waals surface area contributed by atoms with Gasteiger partial charge in [-0.1, -0.05) is 51.1 Å². The van der Waals surface area contributed by atoms with Gasteiger partial charge in [0.15, 0.2) is 0 Å². The summed E-state index contributed by atoms with van der Waals surface area (Å²) in [7, 11) is 0. The van der Waals surface area contributed by atoms with Crippen molar-refractivity contribution in [1.29, 1.82) is 0 Å². The first kappa shape index (κ1) is 11.8. The molecule has 0 bridgehead atoms. The van der Waals surface area contributed by atoms with Crippen LogP contribution in [0.2, 0.25) is 0 Å². The van der Waals surface area contributed by atoms with Gasteiger partial charge in [-0.05, 0) is 11.0 Å². The third-order valence-corrected chi connectivity index (χ3v) is 1.93. The second kappa shape index (κ2) is 5.54. The Labute approximate surface area is 92.4 Å². The predicted molar refractivity (Wildman–Crippen MR) is 66.1 cm³/mol. The molecule has 0 aliphatic carbocycles. The summed E-state index contributed by atoms with van der Waals surface area (Å²) in [5, 5.41) is 3.20. The fraction of sp³-hybridized carbons (Fsp3) is 0.462. The molecule has 0 heterocycles. The maximum absolute atomic E-state index is 4.31. The number of nitrogens with one attached hydrogen (secondary N) is 1. The highest BCUT2D eigenvalue weighted by atomic mass is 14.9. The molecule has 0 amide bonds. The lowest BCUT2D eigenvalue weighted by atomic mass is 9.97. The number of hydrogen-bond acceptors (Lipinski definition) is 1. The number of rotatable bonds is 4. The highest BCUT2D eigenvalue weighted by Gasteiger charge is 2.07. The summed E-state index contributed by atoms with van der Waals surface area (Å²) in [5.41, 5.74) is 1.55. The van der Waals surface area contributed by atoms with Gasteiger partial charge in [-0.25, -0.2) is 0 Å². The van der Waals surface area contributed by atoms with E-state index in [1.807, 2.05) is 18.2 Å². The van der Waals surface area contributed by atoms with Crippen LogP contribution >= 0.6 is 0 Å². The van der Waals surface area contributed by atoms with Gasteiger partial charge in [0.05, 0.1) is 12.9 Å². The van der Waals surface area contributed by atoms with Gasteiger partial charge in [0.1, 0.15) is 0 Å². The minimum Gasteiger partial charge on any atom is -0.376 e. The largest absolute Gasteiger partial charge is 0.376 e. The Hall–Kier alpha value is -1.31. The molecule has 1 N–H and O–H groups in total. The van der Waals surface area contributed by atoms with Crippen molar-refractivity contribution in [2.24, 2.45) is 10.4 Å². The van der Waals surface area contributed by atoms with E-state index in [-0.39, 0.29) is 0 Å². The van der Waals surface area contributed by atoms with Crippen LogP contribution in [0.3, 0.4) is 0 Å². The quantitative estimate of drug-likeness (QED) is 0.592. The second-order valence-electron chi connectivity index (χ2n) is 4.90. The topological polar surface area (TPSA) is 24.4 Å². The predicted octanol–water partition coefficient (Wildman–Crippen LogP) is 2.85. The van der Waals surface area contributed by atoms with Gasteiger partial charge in [-0.15, -0.1) is 0 Å². The summed E-state index contributed by atoms with van der Waals surface area (Å²) in [6, 6.07) is 10.3. The van der Waals surface area contributed by atoms with E-state index in [0.717, 1.165) is 13.1 Å². The van der Waals surface area contributed by atoms with E-state index in [2.05, 4.69) is 43.2 Å². The molecule has 0 saturated carbocycles. The standard InChI is InChI=1S/C13H20N2/c1-13(2,3)10-15-11-14-9-12-7-5-4-6-8-12/h4-8,11H,9-10H2,1-3H3,(H,14,15). The average Bonchev–Trinajstić information content (AvgIpc) is 2.17. The number of hydrogen-bond donors (Lipinski definition) is 1. The fourth-order valence-corrected chi connectivity index (χ4v) is 1.15. The van der Waals surface area contributed by atoms with Crippen LogP contribution in [-0.2, 0) is 6.54 Å². The Kier molecular flexibility index (Phi) is 4.35. The second-order valence-corrected chi connectivity index (χ2v) is 4.90. The smallest absolute Gasteiger partial charge is 0.0828 e. The molecule has 0 aliphatic rings. The van der Waals surface area contributed by atoms with Crippen molar-refractivity contribution in [3.05, 3.63) is 35.9 Å². The van der Waals surface area contributed by atoms with E-state index in [1.54, 1.807) is 6.34 Å². The summed E-state index contributed by atoms with van der Waals surface area (Å²) >= 11 is 0. The highest BCUT2D eigenvalue weighted by Crippen LogP contribution is 2.09. The summed E-state index contributed by atoms with van der Waals surface area (Å²) in [5.74, 6) is 0. The molecule has 2 heteroatoms. The summed E-state index contributed by atoms with van der Waals surface area (Å²) in [4.78, 5) is 4.31. The molecule has 0 atom stereocenters. The van der Waals surface area contributed by atoms with Crippen molar-refractivity contribution in [3.63, 3.8) is 0 Å². The maximum Gasteiger partial charge on any atom is 0.0828 e. The minimum absolute atomic E-state index is 0.304. The van der Waals surface area contributed by atoms with Crippen molar-refractivity contribution >= 4 is 6.34 Å². The zero-order valence-electron chi connectivity index (χ0n) is 9.83. The van der Waals surface area contributed by atoms with E-state index < -0.39 is 0 Å². The van der Waals surface area contributed by atoms with Crippen molar-refractivity contribution in [3.8, 4) is 0 Å². The van der Waals surface area contributed by atoms with Gasteiger partial charge in [0.2, 0.25) is 0 Å². The number of aliphatic imine (C=N–C) groups is 1. The van der Waals surface area contributed by atoms with Crippen molar-refractivity contribution in [2.45, 2.75) is 27.3 Å². The fourth-order valence-electron chi connectivity index (χ4n) is 1.15. The lowest BCUT2D eigenvalue weighted by molar-refractivity contribution is 0.410. The molecule has 15 heavy (non-hydrogen) atoms. The SMILES string of the molecule is CC(C)(C)CNC=NCc1ccccc1. The van der Waals surface area contributed by atoms with Crippen molar-refractivity contribution in [2.75, 3.05) is 6.54 Å². The summed E-state index contributed by atoms with van der Waals surface area (Å²) in [6.45, 7) is 8.30. The Morgan fingerprint density at radius 1 is 1.20 bits per heavy atom. The molecule has 0 aliphatic heterocycles. The maximum atomic E-state index is 4.31. The molecule has 0 fully saturated rings. The molecule has 0 radical (unpaired) electrons. The molecule has 1 aromatic rings. The molecule has 1 aromatic carbocycles. The van der Waals surface area contributed by atoms with Crippen LogP contribution < -0.4 is 5.32 Å². The molecule has 82 valence electrons. The van der Waals surface area contributed by atoms with Crippen LogP contribution in [0.4, 0.5) is 0 Å². The Balaban J connectivity index is 2.23. The van der Waals surface area contributed by atoms with E-state index in [9.17, 15) is 0 Å². The van der Waals surface area contributed by atoms with E-state index >= 15 is 0 Å².